The largest absolute Gasteiger partial charge is 0.423 e. The Bertz CT molecular complexity index is 1220. The maximum atomic E-state index is 12.6. The number of nitrogens with zero attached hydrogens (tertiary/aromatic N) is 1. The lowest BCUT2D eigenvalue weighted by Gasteiger charge is -2.14. The maximum Gasteiger partial charge on any atom is 0.336 e. The van der Waals surface area contributed by atoms with Gasteiger partial charge in [-0.1, -0.05) is 54.3 Å². The van der Waals surface area contributed by atoms with Gasteiger partial charge in [-0.2, -0.15) is 0 Å². The third kappa shape index (κ3) is 4.28. The van der Waals surface area contributed by atoms with Crippen molar-refractivity contribution in [3.8, 4) is 0 Å². The Morgan fingerprint density at radius 1 is 1.10 bits per heavy atom. The number of anilines is 1. The van der Waals surface area contributed by atoms with Crippen LogP contribution in [0.1, 0.15) is 5.56 Å². The zero-order valence-corrected chi connectivity index (χ0v) is 16.6. The van der Waals surface area contributed by atoms with E-state index in [4.69, 9.17) is 16.6 Å². The molecule has 0 bridgehead atoms. The predicted octanol–water partition coefficient (Wildman–Crippen LogP) is 3.63. The highest BCUT2D eigenvalue weighted by Crippen LogP contribution is 2.32. The zero-order chi connectivity index (χ0) is 20.4. The first-order chi connectivity index (χ1) is 14.0. The van der Waals surface area contributed by atoms with E-state index in [-0.39, 0.29) is 18.4 Å². The number of carbonyl (C=O) groups is 2. The molecule has 0 radical (unpaired) electrons. The number of thioether (sulfide) groups is 1. The number of amides is 2. The van der Waals surface area contributed by atoms with Crippen molar-refractivity contribution in [1.82, 2.24) is 4.90 Å². The number of hydrogen-bond acceptors (Lipinski definition) is 6. The molecule has 0 aliphatic carbocycles. The Labute approximate surface area is 175 Å². The van der Waals surface area contributed by atoms with E-state index in [2.05, 4.69) is 5.32 Å². The van der Waals surface area contributed by atoms with Crippen LogP contribution in [0.5, 0.6) is 0 Å². The molecule has 1 aromatic heterocycles. The summed E-state index contributed by atoms with van der Waals surface area (Å²) < 4.78 is 5.41. The fourth-order valence-electron chi connectivity index (χ4n) is 2.83. The van der Waals surface area contributed by atoms with Crippen LogP contribution in [0.15, 0.2) is 74.8 Å². The maximum absolute atomic E-state index is 12.6. The summed E-state index contributed by atoms with van der Waals surface area (Å²) in [5.74, 6) is -0.668. The molecule has 0 saturated carbocycles. The molecule has 1 saturated heterocycles. The van der Waals surface area contributed by atoms with Gasteiger partial charge in [-0.15, -0.1) is 0 Å². The van der Waals surface area contributed by atoms with Gasteiger partial charge in [-0.05, 0) is 35.9 Å². The topological polar surface area (TPSA) is 79.6 Å². The highest BCUT2D eigenvalue weighted by atomic mass is 32.2. The summed E-state index contributed by atoms with van der Waals surface area (Å²) in [5, 5.41) is 3.42. The molecule has 0 unspecified atom stereocenters. The van der Waals surface area contributed by atoms with Crippen molar-refractivity contribution >= 4 is 62.8 Å². The summed E-state index contributed by atoms with van der Waals surface area (Å²) in [6.45, 7) is -0.182. The molecule has 2 aromatic carbocycles. The Hall–Kier alpha value is -3.23. The molecule has 2 amide bonds. The lowest BCUT2D eigenvalue weighted by Crippen LogP contribution is -2.36. The molecule has 3 aromatic rings. The van der Waals surface area contributed by atoms with Gasteiger partial charge in [0.25, 0.3) is 5.91 Å². The van der Waals surface area contributed by atoms with E-state index in [9.17, 15) is 14.4 Å². The van der Waals surface area contributed by atoms with E-state index >= 15 is 0 Å². The van der Waals surface area contributed by atoms with Crippen molar-refractivity contribution < 1.29 is 14.0 Å². The highest BCUT2D eigenvalue weighted by Gasteiger charge is 2.33. The summed E-state index contributed by atoms with van der Waals surface area (Å²) in [5.41, 5.74) is 1.41. The molecule has 1 aliphatic heterocycles. The molecule has 1 N–H and O–H groups in total. The normalized spacial score (nSPS) is 15.3. The molecular formula is C21H14N2O4S2. The number of fused-ring (bicyclic) bond motifs is 1. The average Bonchev–Trinajstić information content (AvgIpc) is 2.96. The monoisotopic (exact) mass is 422 g/mol. The van der Waals surface area contributed by atoms with E-state index in [1.165, 1.54) is 22.7 Å². The Morgan fingerprint density at radius 3 is 2.69 bits per heavy atom. The summed E-state index contributed by atoms with van der Waals surface area (Å²) >= 11 is 6.45. The van der Waals surface area contributed by atoms with Gasteiger partial charge in [0.05, 0.1) is 4.91 Å². The zero-order valence-electron chi connectivity index (χ0n) is 15.0. The van der Waals surface area contributed by atoms with Crippen LogP contribution < -0.4 is 10.9 Å². The Morgan fingerprint density at radius 2 is 1.90 bits per heavy atom. The van der Waals surface area contributed by atoms with Crippen LogP contribution in [0.3, 0.4) is 0 Å². The molecule has 4 rings (SSSR count). The van der Waals surface area contributed by atoms with Crippen LogP contribution in [0.2, 0.25) is 0 Å². The molecule has 2 heterocycles. The van der Waals surface area contributed by atoms with Crippen LogP contribution in [-0.4, -0.2) is 27.6 Å². The number of hydrogen-bond donors (Lipinski definition) is 1. The second-order valence-corrected chi connectivity index (χ2v) is 7.91. The fraction of sp³-hybridized carbons (Fsp3) is 0.0476. The van der Waals surface area contributed by atoms with E-state index in [1.807, 2.05) is 30.3 Å². The molecule has 0 spiro atoms. The third-order valence-corrected chi connectivity index (χ3v) is 5.55. The Balaban J connectivity index is 1.46. The minimum Gasteiger partial charge on any atom is -0.423 e. The SMILES string of the molecule is O=C(CN1C(=O)/C(=C/c2ccccc2)SC1=S)Nc1ccc2oc(=O)ccc2c1. The van der Waals surface area contributed by atoms with E-state index in [0.717, 1.165) is 5.56 Å². The van der Waals surface area contributed by atoms with Gasteiger partial charge in [0.1, 0.15) is 16.4 Å². The minimum atomic E-state index is -0.438. The van der Waals surface area contributed by atoms with Gasteiger partial charge in [-0.25, -0.2) is 4.79 Å². The first kappa shape index (κ1) is 19.1. The van der Waals surface area contributed by atoms with Crippen LogP contribution in [0.25, 0.3) is 17.0 Å². The molecule has 144 valence electrons. The van der Waals surface area contributed by atoms with Crippen molar-refractivity contribution in [1.29, 1.82) is 0 Å². The molecule has 1 aliphatic rings. The average molecular weight is 422 g/mol. The van der Waals surface area contributed by atoms with Crippen LogP contribution in [0, 0.1) is 0 Å². The molecule has 1 fully saturated rings. The van der Waals surface area contributed by atoms with E-state index < -0.39 is 5.63 Å². The van der Waals surface area contributed by atoms with Gasteiger partial charge in [0.2, 0.25) is 5.91 Å². The van der Waals surface area contributed by atoms with Crippen molar-refractivity contribution in [2.45, 2.75) is 0 Å². The summed E-state index contributed by atoms with van der Waals surface area (Å²) in [4.78, 5) is 38.1. The van der Waals surface area contributed by atoms with E-state index in [1.54, 1.807) is 30.3 Å². The fourth-order valence-corrected chi connectivity index (χ4v) is 4.09. The van der Waals surface area contributed by atoms with Crippen LogP contribution >= 0.6 is 24.0 Å². The quantitative estimate of drug-likeness (QED) is 0.393. The van der Waals surface area contributed by atoms with Gasteiger partial charge >= 0.3 is 5.63 Å². The number of benzene rings is 2. The smallest absolute Gasteiger partial charge is 0.336 e. The van der Waals surface area contributed by atoms with Crippen molar-refractivity contribution in [2.24, 2.45) is 0 Å². The number of nitrogens with one attached hydrogen (secondary N) is 1. The summed E-state index contributed by atoms with van der Waals surface area (Å²) in [7, 11) is 0. The summed E-state index contributed by atoms with van der Waals surface area (Å²) in [6.07, 6.45) is 1.76. The van der Waals surface area contributed by atoms with Crippen molar-refractivity contribution in [3.05, 3.63) is 81.6 Å². The van der Waals surface area contributed by atoms with Gasteiger partial charge in [-0.3, -0.25) is 14.5 Å². The number of carbonyl (C=O) groups excluding carboxylic acids is 2. The predicted molar refractivity (Wildman–Crippen MR) is 117 cm³/mol. The highest BCUT2D eigenvalue weighted by molar-refractivity contribution is 8.26. The lowest BCUT2D eigenvalue weighted by molar-refractivity contribution is -0.126. The molecule has 29 heavy (non-hydrogen) atoms. The van der Waals surface area contributed by atoms with Crippen LogP contribution in [-0.2, 0) is 9.59 Å². The second kappa shape index (κ2) is 8.02. The number of thiocarbonyl (C=S) groups is 1. The Kier molecular flexibility index (Phi) is 5.28. The summed E-state index contributed by atoms with van der Waals surface area (Å²) in [6, 6.07) is 17.3. The van der Waals surface area contributed by atoms with Crippen molar-refractivity contribution in [3.63, 3.8) is 0 Å². The van der Waals surface area contributed by atoms with Gasteiger partial charge in [0.15, 0.2) is 0 Å². The van der Waals surface area contributed by atoms with Gasteiger partial charge < -0.3 is 9.73 Å². The number of rotatable bonds is 4. The van der Waals surface area contributed by atoms with Crippen molar-refractivity contribution in [2.75, 3.05) is 11.9 Å². The minimum absolute atomic E-state index is 0.182. The first-order valence-electron chi connectivity index (χ1n) is 8.64. The standard InChI is InChI=1S/C21H14N2O4S2/c24-18(22-15-7-8-16-14(11-15)6-9-19(25)27-16)12-23-20(26)17(29-21(23)28)10-13-4-2-1-3-5-13/h1-11H,12H2,(H,22,24)/b17-10-. The molecule has 0 atom stereocenters. The molecule has 8 heteroatoms. The van der Waals surface area contributed by atoms with Crippen LogP contribution in [0.4, 0.5) is 5.69 Å². The molecular weight excluding hydrogens is 408 g/mol. The first-order valence-corrected chi connectivity index (χ1v) is 9.86. The lowest BCUT2D eigenvalue weighted by atomic mass is 10.2. The van der Waals surface area contributed by atoms with Gasteiger partial charge in [0, 0.05) is 17.1 Å². The second-order valence-electron chi connectivity index (χ2n) is 6.23. The van der Waals surface area contributed by atoms with E-state index in [0.29, 0.717) is 25.9 Å². The third-order valence-electron chi connectivity index (χ3n) is 4.18. The molecule has 6 nitrogen and oxygen atoms in total.